The second-order valence-corrected chi connectivity index (χ2v) is 3.69. The summed E-state index contributed by atoms with van der Waals surface area (Å²) in [6.07, 6.45) is 0. The maximum Gasteiger partial charge on any atom is 0.120 e. The Morgan fingerprint density at radius 3 is 2.24 bits per heavy atom. The summed E-state index contributed by atoms with van der Waals surface area (Å²) in [5.41, 5.74) is 3.14. The van der Waals surface area contributed by atoms with Gasteiger partial charge in [-0.05, 0) is 30.3 Å². The maximum absolute atomic E-state index is 5.19. The molecule has 0 aliphatic rings. The fourth-order valence-electron chi connectivity index (χ4n) is 1.62. The van der Waals surface area contributed by atoms with Crippen molar-refractivity contribution in [3.8, 4) is 5.75 Å². The van der Waals surface area contributed by atoms with Gasteiger partial charge in [0.25, 0.3) is 0 Å². The van der Waals surface area contributed by atoms with Gasteiger partial charge in [0.1, 0.15) is 5.75 Å². The predicted octanol–water partition coefficient (Wildman–Crippen LogP) is 3.48. The van der Waals surface area contributed by atoms with Crippen molar-refractivity contribution in [1.29, 1.82) is 0 Å². The molecule has 2 aromatic rings. The van der Waals surface area contributed by atoms with Crippen LogP contribution in [0.3, 0.4) is 0 Å². The van der Waals surface area contributed by atoms with Gasteiger partial charge in [0, 0.05) is 30.2 Å². The van der Waals surface area contributed by atoms with Crippen molar-refractivity contribution in [2.75, 3.05) is 24.8 Å². The fourth-order valence-corrected chi connectivity index (χ4v) is 1.62. The fraction of sp³-hybridized carbons (Fsp3) is 0.143. The molecule has 0 aliphatic heterocycles. The highest BCUT2D eigenvalue weighted by atomic mass is 16.5. The minimum atomic E-state index is 0.847. The van der Waals surface area contributed by atoms with E-state index in [1.165, 1.54) is 0 Å². The van der Waals surface area contributed by atoms with Gasteiger partial charge < -0.3 is 15.4 Å². The summed E-state index contributed by atoms with van der Waals surface area (Å²) in [6.45, 7) is 0. The topological polar surface area (TPSA) is 33.3 Å². The van der Waals surface area contributed by atoms with Crippen molar-refractivity contribution in [3.05, 3.63) is 48.5 Å². The van der Waals surface area contributed by atoms with Crippen molar-refractivity contribution in [3.63, 3.8) is 0 Å². The van der Waals surface area contributed by atoms with E-state index < -0.39 is 0 Å². The van der Waals surface area contributed by atoms with E-state index >= 15 is 0 Å². The van der Waals surface area contributed by atoms with Crippen LogP contribution in [0.25, 0.3) is 0 Å². The average molecular weight is 228 g/mol. The molecular formula is C14H16N2O. The molecule has 0 saturated carbocycles. The molecule has 0 radical (unpaired) electrons. The molecule has 0 aromatic heterocycles. The molecule has 0 fully saturated rings. The quantitative estimate of drug-likeness (QED) is 0.840. The second-order valence-electron chi connectivity index (χ2n) is 3.69. The Morgan fingerprint density at radius 1 is 0.882 bits per heavy atom. The average Bonchev–Trinajstić information content (AvgIpc) is 2.39. The molecule has 3 nitrogen and oxygen atoms in total. The zero-order chi connectivity index (χ0) is 12.1. The normalized spacial score (nSPS) is 9.76. The molecule has 0 atom stereocenters. The molecule has 3 heteroatoms. The van der Waals surface area contributed by atoms with Gasteiger partial charge in [0.15, 0.2) is 0 Å². The van der Waals surface area contributed by atoms with E-state index in [4.69, 9.17) is 4.74 Å². The third-order valence-corrected chi connectivity index (χ3v) is 2.51. The van der Waals surface area contributed by atoms with Gasteiger partial charge in [-0.3, -0.25) is 0 Å². The zero-order valence-corrected chi connectivity index (χ0v) is 10.0. The van der Waals surface area contributed by atoms with Crippen molar-refractivity contribution in [1.82, 2.24) is 0 Å². The van der Waals surface area contributed by atoms with E-state index in [1.54, 1.807) is 7.11 Å². The van der Waals surface area contributed by atoms with E-state index in [9.17, 15) is 0 Å². The van der Waals surface area contributed by atoms with Crippen LogP contribution < -0.4 is 15.4 Å². The molecule has 0 unspecified atom stereocenters. The minimum absolute atomic E-state index is 0.847. The second kappa shape index (κ2) is 5.25. The highest BCUT2D eigenvalue weighted by molar-refractivity contribution is 5.65. The van der Waals surface area contributed by atoms with Gasteiger partial charge in [-0.25, -0.2) is 0 Å². The molecule has 88 valence electrons. The Labute approximate surface area is 101 Å². The molecule has 0 bridgehead atoms. The minimum Gasteiger partial charge on any atom is -0.497 e. The Kier molecular flexibility index (Phi) is 3.50. The number of methoxy groups -OCH3 is 1. The van der Waals surface area contributed by atoms with E-state index in [0.717, 1.165) is 22.8 Å². The summed E-state index contributed by atoms with van der Waals surface area (Å²) in [5.74, 6) is 0.847. The van der Waals surface area contributed by atoms with Crippen LogP contribution in [0.4, 0.5) is 17.1 Å². The van der Waals surface area contributed by atoms with Crippen molar-refractivity contribution in [2.24, 2.45) is 0 Å². The van der Waals surface area contributed by atoms with Gasteiger partial charge in [-0.2, -0.15) is 0 Å². The van der Waals surface area contributed by atoms with E-state index in [1.807, 2.05) is 49.5 Å². The smallest absolute Gasteiger partial charge is 0.120 e. The molecule has 0 saturated heterocycles. The third-order valence-electron chi connectivity index (χ3n) is 2.51. The van der Waals surface area contributed by atoms with Crippen molar-refractivity contribution >= 4 is 17.1 Å². The molecule has 0 heterocycles. The first kappa shape index (κ1) is 11.3. The Hall–Kier alpha value is -2.16. The maximum atomic E-state index is 5.19. The number of hydrogen-bond acceptors (Lipinski definition) is 3. The number of rotatable bonds is 4. The molecule has 0 amide bonds. The van der Waals surface area contributed by atoms with Gasteiger partial charge in [0.2, 0.25) is 0 Å². The summed E-state index contributed by atoms with van der Waals surface area (Å²) in [7, 11) is 3.57. The van der Waals surface area contributed by atoms with Crippen LogP contribution in [0.5, 0.6) is 5.75 Å². The standard InChI is InChI=1S/C14H16N2O/c1-15-11-5-3-6-12(9-11)16-13-7-4-8-14(10-13)17-2/h3-10,15-16H,1-2H3. The Balaban J connectivity index is 2.18. The molecule has 17 heavy (non-hydrogen) atoms. The highest BCUT2D eigenvalue weighted by Crippen LogP contribution is 2.22. The number of anilines is 3. The number of hydrogen-bond donors (Lipinski definition) is 2. The van der Waals surface area contributed by atoms with Crippen LogP contribution in [-0.4, -0.2) is 14.2 Å². The Morgan fingerprint density at radius 2 is 1.53 bits per heavy atom. The summed E-state index contributed by atoms with van der Waals surface area (Å²) in [4.78, 5) is 0. The molecule has 2 N–H and O–H groups in total. The first-order valence-electron chi connectivity index (χ1n) is 5.51. The lowest BCUT2D eigenvalue weighted by atomic mass is 10.2. The van der Waals surface area contributed by atoms with E-state index in [0.29, 0.717) is 0 Å². The van der Waals surface area contributed by atoms with E-state index in [2.05, 4.69) is 16.7 Å². The summed E-state index contributed by atoms with van der Waals surface area (Å²) in [5, 5.41) is 6.44. The number of ether oxygens (including phenoxy) is 1. The van der Waals surface area contributed by atoms with Gasteiger partial charge in [0.05, 0.1) is 7.11 Å². The third kappa shape index (κ3) is 2.91. The van der Waals surface area contributed by atoms with Crippen molar-refractivity contribution < 1.29 is 4.74 Å². The predicted molar refractivity (Wildman–Crippen MR) is 72.3 cm³/mol. The summed E-state index contributed by atoms with van der Waals surface area (Å²) < 4.78 is 5.19. The van der Waals surface area contributed by atoms with Crippen molar-refractivity contribution in [2.45, 2.75) is 0 Å². The molecule has 0 aliphatic carbocycles. The van der Waals surface area contributed by atoms with Gasteiger partial charge in [-0.15, -0.1) is 0 Å². The Bertz CT molecular complexity index is 452. The largest absolute Gasteiger partial charge is 0.497 e. The molecule has 2 aromatic carbocycles. The SMILES string of the molecule is CNc1cccc(Nc2cccc(OC)c2)c1. The first-order chi connectivity index (χ1) is 8.31. The summed E-state index contributed by atoms with van der Waals surface area (Å²) >= 11 is 0. The van der Waals surface area contributed by atoms with Crippen LogP contribution in [0.15, 0.2) is 48.5 Å². The lowest BCUT2D eigenvalue weighted by molar-refractivity contribution is 0.415. The van der Waals surface area contributed by atoms with E-state index in [-0.39, 0.29) is 0 Å². The van der Waals surface area contributed by atoms with Gasteiger partial charge in [-0.1, -0.05) is 12.1 Å². The number of nitrogens with one attached hydrogen (secondary N) is 2. The monoisotopic (exact) mass is 228 g/mol. The van der Waals surface area contributed by atoms with Crippen LogP contribution in [0.2, 0.25) is 0 Å². The lowest BCUT2D eigenvalue weighted by Gasteiger charge is -2.09. The summed E-state index contributed by atoms with van der Waals surface area (Å²) in [6, 6.07) is 16.0. The van der Waals surface area contributed by atoms with Crippen LogP contribution in [0, 0.1) is 0 Å². The first-order valence-corrected chi connectivity index (χ1v) is 5.51. The molecule has 0 spiro atoms. The zero-order valence-electron chi connectivity index (χ0n) is 10.0. The molecular weight excluding hydrogens is 212 g/mol. The van der Waals surface area contributed by atoms with Crippen LogP contribution in [0.1, 0.15) is 0 Å². The van der Waals surface area contributed by atoms with Crippen LogP contribution in [-0.2, 0) is 0 Å². The number of benzene rings is 2. The highest BCUT2D eigenvalue weighted by Gasteiger charge is 1.97. The van der Waals surface area contributed by atoms with Gasteiger partial charge >= 0.3 is 0 Å². The van der Waals surface area contributed by atoms with Crippen LogP contribution >= 0.6 is 0 Å². The molecule has 2 rings (SSSR count). The lowest BCUT2D eigenvalue weighted by Crippen LogP contribution is -1.93.